The largest absolute Gasteiger partial charge is 0.387 e. The molecule has 20 heavy (non-hydrogen) atoms. The second-order valence-electron chi connectivity index (χ2n) is 4.95. The molecule has 1 aromatic carbocycles. The fourth-order valence-electron chi connectivity index (χ4n) is 2.34. The van der Waals surface area contributed by atoms with Crippen molar-refractivity contribution in [3.63, 3.8) is 0 Å². The summed E-state index contributed by atoms with van der Waals surface area (Å²) in [5, 5.41) is 15.6. The Bertz CT molecular complexity index is 762. The van der Waals surface area contributed by atoms with Gasteiger partial charge in [0, 0.05) is 28.7 Å². The molecule has 3 aromatic rings. The van der Waals surface area contributed by atoms with Gasteiger partial charge in [-0.15, -0.1) is 11.3 Å². The van der Waals surface area contributed by atoms with Crippen molar-refractivity contribution < 1.29 is 9.50 Å². The van der Waals surface area contributed by atoms with Crippen LogP contribution in [0.1, 0.15) is 22.4 Å². The summed E-state index contributed by atoms with van der Waals surface area (Å²) in [7, 11) is 1.87. The standard InChI is InChI=1S/C15H15FN2OS/c1-9-5-12(18(2)17-9)8-13(19)15-6-10-3-4-11(16)7-14(10)20-15/h3-7,13,19H,8H2,1-2H3. The fraction of sp³-hybridized carbons (Fsp3) is 0.267. The zero-order valence-corrected chi connectivity index (χ0v) is 12.1. The van der Waals surface area contributed by atoms with Crippen LogP contribution < -0.4 is 0 Å². The Morgan fingerprint density at radius 2 is 2.15 bits per heavy atom. The molecule has 2 heterocycles. The molecule has 1 N–H and O–H groups in total. The third kappa shape index (κ3) is 2.46. The molecule has 0 aliphatic rings. The monoisotopic (exact) mass is 290 g/mol. The lowest BCUT2D eigenvalue weighted by molar-refractivity contribution is 0.179. The number of fused-ring (bicyclic) bond motifs is 1. The lowest BCUT2D eigenvalue weighted by Crippen LogP contribution is -2.05. The number of hydrogen-bond donors (Lipinski definition) is 1. The Kier molecular flexibility index (Phi) is 3.31. The van der Waals surface area contributed by atoms with Crippen LogP contribution in [0.5, 0.6) is 0 Å². The number of benzene rings is 1. The normalized spacial score (nSPS) is 13.0. The van der Waals surface area contributed by atoms with Crippen LogP contribution in [-0.4, -0.2) is 14.9 Å². The second kappa shape index (κ2) is 5.00. The van der Waals surface area contributed by atoms with Crippen molar-refractivity contribution >= 4 is 21.4 Å². The van der Waals surface area contributed by atoms with Crippen LogP contribution in [0.2, 0.25) is 0 Å². The number of halogens is 1. The number of aromatic nitrogens is 2. The van der Waals surface area contributed by atoms with E-state index in [1.807, 2.05) is 26.1 Å². The van der Waals surface area contributed by atoms with Gasteiger partial charge < -0.3 is 5.11 Å². The molecular weight excluding hydrogens is 275 g/mol. The molecule has 0 spiro atoms. The van der Waals surface area contributed by atoms with E-state index in [-0.39, 0.29) is 5.82 Å². The molecule has 0 aliphatic carbocycles. The van der Waals surface area contributed by atoms with Crippen LogP contribution >= 0.6 is 11.3 Å². The summed E-state index contributed by atoms with van der Waals surface area (Å²) in [5.41, 5.74) is 1.92. The second-order valence-corrected chi connectivity index (χ2v) is 6.07. The number of aryl methyl sites for hydroxylation is 2. The fourth-order valence-corrected chi connectivity index (χ4v) is 3.42. The van der Waals surface area contributed by atoms with Gasteiger partial charge in [-0.1, -0.05) is 6.07 Å². The van der Waals surface area contributed by atoms with E-state index in [4.69, 9.17) is 0 Å². The predicted octanol–water partition coefficient (Wildman–Crippen LogP) is 3.36. The van der Waals surface area contributed by atoms with E-state index in [9.17, 15) is 9.50 Å². The molecule has 0 radical (unpaired) electrons. The van der Waals surface area contributed by atoms with Crippen LogP contribution in [0.15, 0.2) is 30.3 Å². The van der Waals surface area contributed by atoms with E-state index in [1.54, 1.807) is 10.7 Å². The number of aliphatic hydroxyl groups is 1. The maximum Gasteiger partial charge on any atom is 0.124 e. The molecule has 0 fully saturated rings. The van der Waals surface area contributed by atoms with Gasteiger partial charge in [0.05, 0.1) is 11.8 Å². The van der Waals surface area contributed by atoms with Crippen molar-refractivity contribution in [2.45, 2.75) is 19.4 Å². The van der Waals surface area contributed by atoms with E-state index in [2.05, 4.69) is 5.10 Å². The van der Waals surface area contributed by atoms with Crippen LogP contribution in [0.4, 0.5) is 4.39 Å². The average Bonchev–Trinajstić information content (AvgIpc) is 2.92. The first-order valence-corrected chi connectivity index (χ1v) is 7.21. The van der Waals surface area contributed by atoms with Crippen LogP contribution in [0.25, 0.3) is 10.1 Å². The lowest BCUT2D eigenvalue weighted by Gasteiger charge is -2.08. The lowest BCUT2D eigenvalue weighted by atomic mass is 10.1. The third-order valence-corrected chi connectivity index (χ3v) is 4.53. The zero-order chi connectivity index (χ0) is 14.3. The van der Waals surface area contributed by atoms with Gasteiger partial charge in [0.15, 0.2) is 0 Å². The Morgan fingerprint density at radius 3 is 2.85 bits per heavy atom. The highest BCUT2D eigenvalue weighted by molar-refractivity contribution is 7.19. The first-order chi connectivity index (χ1) is 9.52. The molecule has 5 heteroatoms. The van der Waals surface area contributed by atoms with Crippen molar-refractivity contribution in [1.82, 2.24) is 9.78 Å². The number of nitrogens with zero attached hydrogens (tertiary/aromatic N) is 2. The summed E-state index contributed by atoms with van der Waals surface area (Å²) in [5.74, 6) is -0.248. The number of aliphatic hydroxyl groups excluding tert-OH is 1. The van der Waals surface area contributed by atoms with E-state index in [0.717, 1.165) is 26.4 Å². The Hall–Kier alpha value is -1.72. The van der Waals surface area contributed by atoms with E-state index < -0.39 is 6.10 Å². The molecule has 0 amide bonds. The van der Waals surface area contributed by atoms with Gasteiger partial charge in [0.25, 0.3) is 0 Å². The van der Waals surface area contributed by atoms with Crippen molar-refractivity contribution in [1.29, 1.82) is 0 Å². The molecule has 0 saturated carbocycles. The predicted molar refractivity (Wildman–Crippen MR) is 78.4 cm³/mol. The SMILES string of the molecule is Cc1cc(CC(O)c2cc3ccc(F)cc3s2)n(C)n1. The summed E-state index contributed by atoms with van der Waals surface area (Å²) in [6, 6.07) is 8.58. The van der Waals surface area contributed by atoms with Crippen LogP contribution in [0.3, 0.4) is 0 Å². The van der Waals surface area contributed by atoms with E-state index >= 15 is 0 Å². The topological polar surface area (TPSA) is 38.0 Å². The van der Waals surface area contributed by atoms with Crippen LogP contribution in [-0.2, 0) is 13.5 Å². The summed E-state index contributed by atoms with van der Waals surface area (Å²) < 4.78 is 15.8. The Morgan fingerprint density at radius 1 is 1.35 bits per heavy atom. The van der Waals surface area contributed by atoms with Gasteiger partial charge in [0.2, 0.25) is 0 Å². The molecule has 104 valence electrons. The van der Waals surface area contributed by atoms with Gasteiger partial charge in [-0.05, 0) is 36.6 Å². The zero-order valence-electron chi connectivity index (χ0n) is 11.3. The molecule has 0 saturated heterocycles. The first kappa shape index (κ1) is 13.3. The van der Waals surface area contributed by atoms with Crippen molar-refractivity contribution in [2.75, 3.05) is 0 Å². The van der Waals surface area contributed by atoms with E-state index in [0.29, 0.717) is 6.42 Å². The first-order valence-electron chi connectivity index (χ1n) is 6.39. The molecule has 3 rings (SSSR count). The number of thiophene rings is 1. The van der Waals surface area contributed by atoms with Gasteiger partial charge in [-0.25, -0.2) is 4.39 Å². The molecule has 2 aromatic heterocycles. The van der Waals surface area contributed by atoms with Gasteiger partial charge in [0.1, 0.15) is 5.82 Å². The van der Waals surface area contributed by atoms with E-state index in [1.165, 1.54) is 23.5 Å². The Balaban J connectivity index is 1.88. The highest BCUT2D eigenvalue weighted by atomic mass is 32.1. The van der Waals surface area contributed by atoms with Crippen LogP contribution in [0, 0.1) is 12.7 Å². The minimum atomic E-state index is -0.592. The Labute approximate surface area is 120 Å². The molecular formula is C15H15FN2OS. The third-order valence-electron chi connectivity index (χ3n) is 3.33. The minimum Gasteiger partial charge on any atom is -0.387 e. The highest BCUT2D eigenvalue weighted by Crippen LogP contribution is 2.31. The van der Waals surface area contributed by atoms with Gasteiger partial charge in [-0.3, -0.25) is 4.68 Å². The number of rotatable bonds is 3. The van der Waals surface area contributed by atoms with Gasteiger partial charge >= 0.3 is 0 Å². The quantitative estimate of drug-likeness (QED) is 0.803. The summed E-state index contributed by atoms with van der Waals surface area (Å²) >= 11 is 1.43. The number of hydrogen-bond acceptors (Lipinski definition) is 3. The average molecular weight is 290 g/mol. The summed E-state index contributed by atoms with van der Waals surface area (Å²) in [6.45, 7) is 1.93. The van der Waals surface area contributed by atoms with Crippen molar-refractivity contribution in [3.05, 3.63) is 52.4 Å². The summed E-state index contributed by atoms with van der Waals surface area (Å²) in [6.07, 6.45) is -0.0858. The molecule has 1 unspecified atom stereocenters. The maximum absolute atomic E-state index is 13.2. The van der Waals surface area contributed by atoms with Crippen molar-refractivity contribution in [2.24, 2.45) is 7.05 Å². The minimum absolute atomic E-state index is 0.248. The molecule has 0 bridgehead atoms. The molecule has 1 atom stereocenters. The van der Waals surface area contributed by atoms with Gasteiger partial charge in [-0.2, -0.15) is 5.10 Å². The molecule has 3 nitrogen and oxygen atoms in total. The summed E-state index contributed by atoms with van der Waals surface area (Å²) in [4.78, 5) is 0.851. The van der Waals surface area contributed by atoms with Crippen molar-refractivity contribution in [3.8, 4) is 0 Å². The smallest absolute Gasteiger partial charge is 0.124 e. The highest BCUT2D eigenvalue weighted by Gasteiger charge is 2.15. The molecule has 0 aliphatic heterocycles. The maximum atomic E-state index is 13.2.